The maximum Gasteiger partial charge on any atom is 0.249 e. The van der Waals surface area contributed by atoms with Gasteiger partial charge in [-0.05, 0) is 14.0 Å². The van der Waals surface area contributed by atoms with Crippen molar-refractivity contribution in [3.63, 3.8) is 0 Å². The van der Waals surface area contributed by atoms with Gasteiger partial charge in [-0.1, -0.05) is 12.2 Å². The fourth-order valence-electron chi connectivity index (χ4n) is 1.50. The average molecular weight is 198 g/mol. The summed E-state index contributed by atoms with van der Waals surface area (Å²) in [6.45, 7) is 3.21. The Balaban J connectivity index is 2.43. The van der Waals surface area contributed by atoms with Crippen LogP contribution in [-0.4, -0.2) is 38.3 Å². The summed E-state index contributed by atoms with van der Waals surface area (Å²) in [7, 11) is 1.88. The van der Waals surface area contributed by atoms with Crippen LogP contribution in [0.1, 0.15) is 13.3 Å². The molecule has 2 atom stereocenters. The molecular weight excluding hydrogens is 180 g/mol. The van der Waals surface area contributed by atoms with Gasteiger partial charge in [0.1, 0.15) is 6.10 Å². The summed E-state index contributed by atoms with van der Waals surface area (Å²) in [5.74, 6) is 0.000929. The van der Waals surface area contributed by atoms with E-state index in [1.807, 2.05) is 26.1 Å². The zero-order valence-electron chi connectivity index (χ0n) is 8.75. The van der Waals surface area contributed by atoms with Crippen LogP contribution in [0.4, 0.5) is 0 Å². The van der Waals surface area contributed by atoms with E-state index in [9.17, 15) is 4.79 Å². The fourth-order valence-corrected chi connectivity index (χ4v) is 1.50. The molecule has 4 heteroatoms. The van der Waals surface area contributed by atoms with Crippen molar-refractivity contribution in [2.45, 2.75) is 25.5 Å². The van der Waals surface area contributed by atoms with Crippen molar-refractivity contribution >= 4 is 5.91 Å². The zero-order chi connectivity index (χ0) is 10.4. The van der Waals surface area contributed by atoms with E-state index in [0.717, 1.165) is 0 Å². The number of likely N-dealkylation sites (N-methyl/N-ethyl adjacent to an activating group) is 1. The molecule has 1 saturated heterocycles. The van der Waals surface area contributed by atoms with Gasteiger partial charge in [0.25, 0.3) is 0 Å². The summed E-state index contributed by atoms with van der Waals surface area (Å²) in [6, 6.07) is 0.203. The highest BCUT2D eigenvalue weighted by atomic mass is 16.5. The van der Waals surface area contributed by atoms with E-state index in [0.29, 0.717) is 19.6 Å². The number of carbonyl (C=O) groups excluding carboxylic acids is 1. The minimum absolute atomic E-state index is 0.000929. The van der Waals surface area contributed by atoms with E-state index in [2.05, 4.69) is 10.6 Å². The number of hydrogen-bond acceptors (Lipinski definition) is 3. The van der Waals surface area contributed by atoms with Crippen LogP contribution in [0.3, 0.4) is 0 Å². The SMILES string of the molecule is C/C=C/[C@H](C[C@@H]1OCCNC1=O)NC. The van der Waals surface area contributed by atoms with Crippen molar-refractivity contribution in [3.05, 3.63) is 12.2 Å². The quantitative estimate of drug-likeness (QED) is 0.628. The number of rotatable bonds is 4. The second-order valence-electron chi connectivity index (χ2n) is 3.31. The first kappa shape index (κ1) is 11.2. The van der Waals surface area contributed by atoms with E-state index in [4.69, 9.17) is 4.74 Å². The molecule has 0 unspecified atom stereocenters. The standard InChI is InChI=1S/C10H18N2O2/c1-3-4-8(11-2)7-9-10(13)12-5-6-14-9/h3-4,8-9,11H,5-7H2,1-2H3,(H,12,13)/b4-3+/t8-,9+/m1/s1. The summed E-state index contributed by atoms with van der Waals surface area (Å²) in [5.41, 5.74) is 0. The third-order valence-electron chi connectivity index (χ3n) is 2.28. The average Bonchev–Trinajstić information content (AvgIpc) is 2.20. The van der Waals surface area contributed by atoms with Crippen LogP contribution < -0.4 is 10.6 Å². The van der Waals surface area contributed by atoms with Crippen molar-refractivity contribution in [2.24, 2.45) is 0 Å². The molecule has 80 valence electrons. The van der Waals surface area contributed by atoms with E-state index in [-0.39, 0.29) is 18.1 Å². The Hall–Kier alpha value is -0.870. The first-order valence-corrected chi connectivity index (χ1v) is 4.97. The molecule has 1 amide bonds. The third kappa shape index (κ3) is 3.12. The molecule has 1 fully saturated rings. The molecule has 1 aliphatic rings. The smallest absolute Gasteiger partial charge is 0.249 e. The van der Waals surface area contributed by atoms with Gasteiger partial charge in [-0.3, -0.25) is 4.79 Å². The van der Waals surface area contributed by atoms with Crippen LogP contribution >= 0.6 is 0 Å². The molecule has 4 nitrogen and oxygen atoms in total. The number of ether oxygens (including phenoxy) is 1. The molecule has 1 heterocycles. The lowest BCUT2D eigenvalue weighted by atomic mass is 10.1. The Kier molecular flexibility index (Phi) is 4.62. The predicted molar refractivity (Wildman–Crippen MR) is 55.0 cm³/mol. The molecule has 0 saturated carbocycles. The van der Waals surface area contributed by atoms with Gasteiger partial charge in [0.15, 0.2) is 0 Å². The molecule has 0 aliphatic carbocycles. The molecule has 0 bridgehead atoms. The third-order valence-corrected chi connectivity index (χ3v) is 2.28. The topological polar surface area (TPSA) is 50.4 Å². The highest BCUT2D eigenvalue weighted by Crippen LogP contribution is 2.07. The second-order valence-corrected chi connectivity index (χ2v) is 3.31. The summed E-state index contributed by atoms with van der Waals surface area (Å²) in [4.78, 5) is 11.4. The Morgan fingerprint density at radius 3 is 3.14 bits per heavy atom. The minimum Gasteiger partial charge on any atom is -0.366 e. The van der Waals surface area contributed by atoms with E-state index < -0.39 is 0 Å². The van der Waals surface area contributed by atoms with Crippen LogP contribution in [0, 0.1) is 0 Å². The number of nitrogens with one attached hydrogen (secondary N) is 2. The molecular formula is C10H18N2O2. The lowest BCUT2D eigenvalue weighted by Crippen LogP contribution is -2.46. The summed E-state index contributed by atoms with van der Waals surface area (Å²) in [6.07, 6.45) is 4.39. The van der Waals surface area contributed by atoms with Gasteiger partial charge >= 0.3 is 0 Å². The van der Waals surface area contributed by atoms with Crippen LogP contribution in [-0.2, 0) is 9.53 Å². The van der Waals surface area contributed by atoms with Crippen molar-refractivity contribution in [1.29, 1.82) is 0 Å². The van der Waals surface area contributed by atoms with Crippen molar-refractivity contribution < 1.29 is 9.53 Å². The second kappa shape index (κ2) is 5.78. The monoisotopic (exact) mass is 198 g/mol. The van der Waals surface area contributed by atoms with Crippen molar-refractivity contribution in [1.82, 2.24) is 10.6 Å². The summed E-state index contributed by atoms with van der Waals surface area (Å²) < 4.78 is 5.38. The Morgan fingerprint density at radius 2 is 2.57 bits per heavy atom. The molecule has 0 aromatic carbocycles. The van der Waals surface area contributed by atoms with Crippen LogP contribution in [0.5, 0.6) is 0 Å². The molecule has 2 N–H and O–H groups in total. The maximum atomic E-state index is 11.4. The van der Waals surface area contributed by atoms with Crippen LogP contribution in [0.15, 0.2) is 12.2 Å². The van der Waals surface area contributed by atoms with Gasteiger partial charge in [-0.2, -0.15) is 0 Å². The van der Waals surface area contributed by atoms with Crippen molar-refractivity contribution in [3.8, 4) is 0 Å². The van der Waals surface area contributed by atoms with E-state index in [1.165, 1.54) is 0 Å². The molecule has 1 aliphatic heterocycles. The maximum absolute atomic E-state index is 11.4. The van der Waals surface area contributed by atoms with Gasteiger partial charge in [0, 0.05) is 19.0 Å². The van der Waals surface area contributed by atoms with Crippen LogP contribution in [0.2, 0.25) is 0 Å². The number of carbonyl (C=O) groups is 1. The molecule has 0 radical (unpaired) electrons. The summed E-state index contributed by atoms with van der Waals surface area (Å²) in [5, 5.41) is 5.91. The molecule has 0 aromatic heterocycles. The Labute approximate surface area is 84.7 Å². The van der Waals surface area contributed by atoms with E-state index >= 15 is 0 Å². The Morgan fingerprint density at radius 1 is 1.79 bits per heavy atom. The van der Waals surface area contributed by atoms with Gasteiger partial charge in [0.2, 0.25) is 5.91 Å². The molecule has 0 aromatic rings. The van der Waals surface area contributed by atoms with Crippen LogP contribution in [0.25, 0.3) is 0 Å². The van der Waals surface area contributed by atoms with Gasteiger partial charge in [-0.25, -0.2) is 0 Å². The highest BCUT2D eigenvalue weighted by molar-refractivity contribution is 5.81. The first-order valence-electron chi connectivity index (χ1n) is 4.97. The Bertz CT molecular complexity index is 216. The van der Waals surface area contributed by atoms with Gasteiger partial charge in [-0.15, -0.1) is 0 Å². The largest absolute Gasteiger partial charge is 0.366 e. The minimum atomic E-state index is -0.308. The lowest BCUT2D eigenvalue weighted by molar-refractivity contribution is -0.138. The van der Waals surface area contributed by atoms with E-state index in [1.54, 1.807) is 0 Å². The number of morpholine rings is 1. The van der Waals surface area contributed by atoms with Gasteiger partial charge < -0.3 is 15.4 Å². The normalized spacial score (nSPS) is 25.0. The first-order chi connectivity index (χ1) is 6.77. The summed E-state index contributed by atoms with van der Waals surface area (Å²) >= 11 is 0. The fraction of sp³-hybridized carbons (Fsp3) is 0.700. The molecule has 0 spiro atoms. The van der Waals surface area contributed by atoms with Gasteiger partial charge in [0.05, 0.1) is 6.61 Å². The molecule has 14 heavy (non-hydrogen) atoms. The number of hydrogen-bond donors (Lipinski definition) is 2. The lowest BCUT2D eigenvalue weighted by Gasteiger charge is -2.25. The number of amides is 1. The van der Waals surface area contributed by atoms with Crippen molar-refractivity contribution in [2.75, 3.05) is 20.2 Å². The zero-order valence-corrected chi connectivity index (χ0v) is 8.75. The molecule has 1 rings (SSSR count). The number of allylic oxidation sites excluding steroid dienone is 1. The predicted octanol–water partition coefficient (Wildman–Crippen LogP) is 0.0556. The highest BCUT2D eigenvalue weighted by Gasteiger charge is 2.24.